The molecule has 20 heavy (non-hydrogen) atoms. The second-order valence-corrected chi connectivity index (χ2v) is 4.33. The number of para-hydroxylation sites is 1. The molecule has 0 saturated heterocycles. The van der Waals surface area contributed by atoms with Crippen LogP contribution in [-0.4, -0.2) is 24.0 Å². The summed E-state index contributed by atoms with van der Waals surface area (Å²) in [5, 5.41) is 0. The number of anilines is 1. The maximum atomic E-state index is 13.2. The predicted molar refractivity (Wildman–Crippen MR) is 76.0 cm³/mol. The van der Waals surface area contributed by atoms with E-state index in [4.69, 9.17) is 5.73 Å². The molecular weight excluding hydrogens is 257 g/mol. The molecule has 0 spiro atoms. The first-order valence-electron chi connectivity index (χ1n) is 6.40. The summed E-state index contributed by atoms with van der Waals surface area (Å²) in [6, 6.07) is 10.4. The number of carbonyl (C=O) groups is 1. The van der Waals surface area contributed by atoms with Gasteiger partial charge in [0.1, 0.15) is 5.82 Å². The normalized spacial score (nSPS) is 10.3. The van der Waals surface area contributed by atoms with Crippen molar-refractivity contribution in [3.63, 3.8) is 0 Å². The third-order valence-electron chi connectivity index (χ3n) is 2.85. The van der Waals surface area contributed by atoms with Crippen molar-refractivity contribution in [3.05, 3.63) is 60.2 Å². The lowest BCUT2D eigenvalue weighted by Gasteiger charge is -2.22. The Morgan fingerprint density at radius 3 is 2.65 bits per heavy atom. The predicted octanol–water partition coefficient (Wildman–Crippen LogP) is 2.22. The fourth-order valence-corrected chi connectivity index (χ4v) is 1.89. The zero-order chi connectivity index (χ0) is 14.4. The fraction of sp³-hybridized carbons (Fsp3) is 0.200. The van der Waals surface area contributed by atoms with Crippen molar-refractivity contribution in [2.75, 3.05) is 18.0 Å². The van der Waals surface area contributed by atoms with E-state index >= 15 is 0 Å². The number of hydrogen-bond donors (Lipinski definition) is 1. The molecule has 0 aliphatic carbocycles. The summed E-state index contributed by atoms with van der Waals surface area (Å²) in [4.78, 5) is 17.8. The molecule has 0 fully saturated rings. The molecule has 0 aliphatic rings. The summed E-state index contributed by atoms with van der Waals surface area (Å²) in [6.07, 6.45) is 3.11. The van der Waals surface area contributed by atoms with Crippen molar-refractivity contribution in [2.24, 2.45) is 5.73 Å². The summed E-state index contributed by atoms with van der Waals surface area (Å²) in [6.45, 7) is 0.966. The van der Waals surface area contributed by atoms with Crippen molar-refractivity contribution in [3.8, 4) is 0 Å². The summed E-state index contributed by atoms with van der Waals surface area (Å²) in [7, 11) is 0. The zero-order valence-corrected chi connectivity index (χ0v) is 11.0. The van der Waals surface area contributed by atoms with Crippen LogP contribution in [-0.2, 0) is 0 Å². The third-order valence-corrected chi connectivity index (χ3v) is 2.85. The topological polar surface area (TPSA) is 59.2 Å². The van der Waals surface area contributed by atoms with Gasteiger partial charge in [-0.2, -0.15) is 0 Å². The van der Waals surface area contributed by atoms with Crippen LogP contribution in [0.2, 0.25) is 0 Å². The summed E-state index contributed by atoms with van der Waals surface area (Å²) >= 11 is 0. The van der Waals surface area contributed by atoms with Crippen LogP contribution in [0.15, 0.2) is 48.8 Å². The molecule has 2 rings (SSSR count). The van der Waals surface area contributed by atoms with Crippen molar-refractivity contribution in [1.82, 2.24) is 4.98 Å². The average Bonchev–Trinajstić information content (AvgIpc) is 2.48. The summed E-state index contributed by atoms with van der Waals surface area (Å²) in [5.74, 6) is -0.806. The van der Waals surface area contributed by atoms with Gasteiger partial charge in [-0.1, -0.05) is 18.2 Å². The molecule has 0 atom stereocenters. The minimum atomic E-state index is -0.525. The number of benzene rings is 1. The van der Waals surface area contributed by atoms with Crippen molar-refractivity contribution < 1.29 is 9.18 Å². The maximum Gasteiger partial charge on any atom is 0.259 e. The number of amides is 1. The Morgan fingerprint density at radius 2 is 2.00 bits per heavy atom. The van der Waals surface area contributed by atoms with Crippen LogP contribution in [0.1, 0.15) is 16.8 Å². The first kappa shape index (κ1) is 14.1. The SMILES string of the molecule is NCCCN(C(=O)c1cncc(F)c1)c1ccccc1. The standard InChI is InChI=1S/C15H16FN3O/c16-13-9-12(10-18-11-13)15(20)19(8-4-7-17)14-5-2-1-3-6-14/h1-3,5-6,9-11H,4,7-8,17H2. The van der Waals surface area contributed by atoms with Gasteiger partial charge in [0.25, 0.3) is 5.91 Å². The lowest BCUT2D eigenvalue weighted by molar-refractivity contribution is 0.0986. The van der Waals surface area contributed by atoms with Gasteiger partial charge in [0.15, 0.2) is 0 Å². The van der Waals surface area contributed by atoms with Crippen LogP contribution in [0.5, 0.6) is 0 Å². The lowest BCUT2D eigenvalue weighted by Crippen LogP contribution is -2.33. The molecule has 0 unspecified atom stereocenters. The highest BCUT2D eigenvalue weighted by molar-refractivity contribution is 6.05. The molecule has 0 radical (unpaired) electrons. The Kier molecular flexibility index (Phi) is 4.79. The number of nitrogens with two attached hydrogens (primary N) is 1. The van der Waals surface area contributed by atoms with E-state index in [9.17, 15) is 9.18 Å². The molecule has 1 aromatic heterocycles. The molecular formula is C15H16FN3O. The highest BCUT2D eigenvalue weighted by Crippen LogP contribution is 2.17. The van der Waals surface area contributed by atoms with Gasteiger partial charge in [-0.05, 0) is 31.2 Å². The zero-order valence-electron chi connectivity index (χ0n) is 11.0. The molecule has 1 aromatic carbocycles. The largest absolute Gasteiger partial charge is 0.330 e. The first-order valence-corrected chi connectivity index (χ1v) is 6.40. The molecule has 0 aliphatic heterocycles. The number of carbonyl (C=O) groups excluding carboxylic acids is 1. The van der Waals surface area contributed by atoms with Crippen molar-refractivity contribution in [1.29, 1.82) is 0 Å². The molecule has 0 bridgehead atoms. The number of halogens is 1. The second-order valence-electron chi connectivity index (χ2n) is 4.33. The molecule has 4 nitrogen and oxygen atoms in total. The van der Waals surface area contributed by atoms with Gasteiger partial charge in [0.05, 0.1) is 11.8 Å². The van der Waals surface area contributed by atoms with Gasteiger partial charge in [-0.3, -0.25) is 9.78 Å². The Morgan fingerprint density at radius 1 is 1.25 bits per heavy atom. The average molecular weight is 273 g/mol. The molecule has 2 aromatic rings. The van der Waals surface area contributed by atoms with E-state index in [-0.39, 0.29) is 11.5 Å². The summed E-state index contributed by atoms with van der Waals surface area (Å²) in [5.41, 5.74) is 6.49. The Hall–Kier alpha value is -2.27. The number of rotatable bonds is 5. The second kappa shape index (κ2) is 6.77. The Labute approximate surface area is 117 Å². The van der Waals surface area contributed by atoms with Crippen LogP contribution in [0.3, 0.4) is 0 Å². The van der Waals surface area contributed by atoms with Gasteiger partial charge < -0.3 is 10.6 Å². The van der Waals surface area contributed by atoms with Gasteiger partial charge in [-0.25, -0.2) is 4.39 Å². The Balaban J connectivity index is 2.29. The molecule has 2 N–H and O–H groups in total. The van der Waals surface area contributed by atoms with E-state index < -0.39 is 5.82 Å². The highest BCUT2D eigenvalue weighted by atomic mass is 19.1. The number of hydrogen-bond acceptors (Lipinski definition) is 3. The van der Waals surface area contributed by atoms with Crippen molar-refractivity contribution in [2.45, 2.75) is 6.42 Å². The number of aromatic nitrogens is 1. The summed E-state index contributed by atoms with van der Waals surface area (Å²) < 4.78 is 13.2. The lowest BCUT2D eigenvalue weighted by atomic mass is 10.2. The number of pyridine rings is 1. The van der Waals surface area contributed by atoms with Crippen LogP contribution >= 0.6 is 0 Å². The molecule has 1 amide bonds. The van der Waals surface area contributed by atoms with Gasteiger partial charge in [-0.15, -0.1) is 0 Å². The van der Waals surface area contributed by atoms with E-state index in [0.29, 0.717) is 19.5 Å². The number of nitrogens with zero attached hydrogens (tertiary/aromatic N) is 2. The van der Waals surface area contributed by atoms with Crippen LogP contribution in [0, 0.1) is 5.82 Å². The molecule has 5 heteroatoms. The van der Waals surface area contributed by atoms with Crippen molar-refractivity contribution >= 4 is 11.6 Å². The van der Waals surface area contributed by atoms with E-state index in [1.807, 2.05) is 30.3 Å². The van der Waals surface area contributed by atoms with E-state index in [1.54, 1.807) is 4.90 Å². The minimum absolute atomic E-state index is 0.228. The van der Waals surface area contributed by atoms with E-state index in [2.05, 4.69) is 4.98 Å². The van der Waals surface area contributed by atoms with Gasteiger partial charge in [0, 0.05) is 18.4 Å². The first-order chi connectivity index (χ1) is 9.72. The molecule has 1 heterocycles. The van der Waals surface area contributed by atoms with Gasteiger partial charge >= 0.3 is 0 Å². The van der Waals surface area contributed by atoms with Crippen LogP contribution < -0.4 is 10.6 Å². The minimum Gasteiger partial charge on any atom is -0.330 e. The monoisotopic (exact) mass is 273 g/mol. The van der Waals surface area contributed by atoms with E-state index in [0.717, 1.165) is 11.9 Å². The maximum absolute atomic E-state index is 13.2. The Bertz CT molecular complexity index is 574. The molecule has 0 saturated carbocycles. The smallest absolute Gasteiger partial charge is 0.259 e. The van der Waals surface area contributed by atoms with Crippen LogP contribution in [0.25, 0.3) is 0 Å². The highest BCUT2D eigenvalue weighted by Gasteiger charge is 2.17. The quantitative estimate of drug-likeness (QED) is 0.908. The molecule has 104 valence electrons. The fourth-order valence-electron chi connectivity index (χ4n) is 1.89. The van der Waals surface area contributed by atoms with E-state index in [1.165, 1.54) is 12.3 Å². The van der Waals surface area contributed by atoms with Crippen LogP contribution in [0.4, 0.5) is 10.1 Å². The third kappa shape index (κ3) is 3.39. The van der Waals surface area contributed by atoms with Gasteiger partial charge in [0.2, 0.25) is 0 Å².